The van der Waals surface area contributed by atoms with Gasteiger partial charge in [0, 0.05) is 31.4 Å². The fraction of sp³-hybridized carbons (Fsp3) is 0.158. The Morgan fingerprint density at radius 3 is 1.34 bits per heavy atom. The van der Waals surface area contributed by atoms with Gasteiger partial charge in [-0.1, -0.05) is 0 Å². The van der Waals surface area contributed by atoms with E-state index in [2.05, 4.69) is 0 Å². The van der Waals surface area contributed by atoms with Crippen LogP contribution in [0, 0.1) is 0 Å². The van der Waals surface area contributed by atoms with Crippen LogP contribution in [0.25, 0.3) is 0 Å². The highest BCUT2D eigenvalue weighted by atomic mass is 16.5. The average Bonchev–Trinajstić information content (AvgIpc) is 2.58. The van der Waals surface area contributed by atoms with Crippen LogP contribution in [-0.4, -0.2) is 44.3 Å². The molecule has 152 valence electrons. The van der Waals surface area contributed by atoms with E-state index in [1.807, 2.05) is 0 Å². The lowest BCUT2D eigenvalue weighted by molar-refractivity contribution is -0.132. The number of benzene rings is 2. The van der Waals surface area contributed by atoms with Crippen molar-refractivity contribution >= 4 is 23.9 Å². The fourth-order valence-corrected chi connectivity index (χ4v) is 2.60. The molecule has 2 aromatic rings. The predicted molar refractivity (Wildman–Crippen MR) is 95.6 cm³/mol. The number of aromatic carboxylic acids is 2. The number of phenols is 2. The number of ether oxygens (including phenoxy) is 2. The Morgan fingerprint density at radius 1 is 0.724 bits per heavy atom. The van der Waals surface area contributed by atoms with Gasteiger partial charge in [-0.3, -0.25) is 9.59 Å². The van der Waals surface area contributed by atoms with E-state index in [1.54, 1.807) is 0 Å². The molecule has 0 fully saturated rings. The highest BCUT2D eigenvalue weighted by Gasteiger charge is 2.25. The van der Waals surface area contributed by atoms with Crippen molar-refractivity contribution in [1.29, 1.82) is 0 Å². The maximum absolute atomic E-state index is 11.4. The van der Waals surface area contributed by atoms with Gasteiger partial charge in [-0.2, -0.15) is 0 Å². The van der Waals surface area contributed by atoms with Crippen molar-refractivity contribution in [1.82, 2.24) is 0 Å². The maximum atomic E-state index is 11.4. The van der Waals surface area contributed by atoms with Gasteiger partial charge in [0.2, 0.25) is 0 Å². The Morgan fingerprint density at radius 2 is 1.07 bits per heavy atom. The molecule has 0 heterocycles. The van der Waals surface area contributed by atoms with Crippen LogP contribution in [0.3, 0.4) is 0 Å². The third-order valence-electron chi connectivity index (χ3n) is 3.80. The van der Waals surface area contributed by atoms with Crippen molar-refractivity contribution in [3.63, 3.8) is 0 Å². The van der Waals surface area contributed by atoms with E-state index in [0.717, 1.165) is 38.1 Å². The molecular weight excluding hydrogens is 388 g/mol. The van der Waals surface area contributed by atoms with Gasteiger partial charge in [-0.15, -0.1) is 0 Å². The van der Waals surface area contributed by atoms with E-state index < -0.39 is 52.9 Å². The van der Waals surface area contributed by atoms with Crippen LogP contribution in [0.5, 0.6) is 23.0 Å². The van der Waals surface area contributed by atoms with E-state index in [9.17, 15) is 39.6 Å². The van der Waals surface area contributed by atoms with E-state index in [1.165, 1.54) is 0 Å². The molecule has 0 spiro atoms. The van der Waals surface area contributed by atoms with Crippen molar-refractivity contribution in [3.05, 3.63) is 46.5 Å². The summed E-state index contributed by atoms with van der Waals surface area (Å²) in [5.41, 5.74) is -1.49. The van der Waals surface area contributed by atoms with Crippen molar-refractivity contribution in [2.45, 2.75) is 20.3 Å². The highest BCUT2D eigenvalue weighted by Crippen LogP contribution is 2.39. The summed E-state index contributed by atoms with van der Waals surface area (Å²) in [6.07, 6.45) is -0.509. The minimum atomic E-state index is -1.47. The molecule has 0 aliphatic rings. The highest BCUT2D eigenvalue weighted by molar-refractivity contribution is 5.93. The second kappa shape index (κ2) is 8.30. The number of carbonyl (C=O) groups excluding carboxylic acids is 2. The fourth-order valence-electron chi connectivity index (χ4n) is 2.60. The zero-order valence-electron chi connectivity index (χ0n) is 15.3. The molecule has 0 bridgehead atoms. The molecular formula is C19H16O10. The lowest BCUT2D eigenvalue weighted by atomic mass is 9.97. The first-order valence-electron chi connectivity index (χ1n) is 8.06. The summed E-state index contributed by atoms with van der Waals surface area (Å²) < 4.78 is 9.95. The van der Waals surface area contributed by atoms with Crippen LogP contribution < -0.4 is 9.47 Å². The predicted octanol–water partition coefficient (Wildman–Crippen LogP) is 1.94. The van der Waals surface area contributed by atoms with E-state index >= 15 is 0 Å². The third-order valence-corrected chi connectivity index (χ3v) is 3.80. The zero-order chi connectivity index (χ0) is 21.9. The number of esters is 2. The Balaban J connectivity index is 2.73. The number of hydrogen-bond donors (Lipinski definition) is 4. The smallest absolute Gasteiger partial charge is 0.339 e. The molecule has 0 radical (unpaired) electrons. The summed E-state index contributed by atoms with van der Waals surface area (Å²) in [6, 6.07) is 4.28. The molecule has 0 aliphatic carbocycles. The first kappa shape index (κ1) is 21.2. The number of carboxylic acid groups (broad SMARTS) is 2. The monoisotopic (exact) mass is 404 g/mol. The molecule has 0 unspecified atom stereocenters. The molecule has 0 saturated carbocycles. The summed E-state index contributed by atoms with van der Waals surface area (Å²) in [5.74, 6) is -6.42. The van der Waals surface area contributed by atoms with Gasteiger partial charge in [0.1, 0.15) is 34.1 Å². The van der Waals surface area contributed by atoms with Crippen LogP contribution in [0.2, 0.25) is 0 Å². The maximum Gasteiger partial charge on any atom is 0.339 e. The number of rotatable bonds is 6. The number of aromatic hydroxyl groups is 2. The standard InChI is InChI=1S/C19H16O10/c1-8(20)28-14-5-3-10(18(24)25)16(22)12(14)7-13-15(29-9(2)21)6-4-11(17(13)23)19(26)27/h3-6,22-23H,7H2,1-2H3,(H,24,25)(H,26,27). The second-order valence-corrected chi connectivity index (χ2v) is 5.85. The number of carbonyl (C=O) groups is 4. The Bertz CT molecular complexity index is 941. The molecule has 29 heavy (non-hydrogen) atoms. The second-order valence-electron chi connectivity index (χ2n) is 5.85. The van der Waals surface area contributed by atoms with E-state index in [-0.39, 0.29) is 22.6 Å². The minimum Gasteiger partial charge on any atom is -0.507 e. The molecule has 0 amide bonds. The molecule has 4 N–H and O–H groups in total. The van der Waals surface area contributed by atoms with Crippen molar-refractivity contribution in [2.24, 2.45) is 0 Å². The zero-order valence-corrected chi connectivity index (χ0v) is 15.3. The SMILES string of the molecule is CC(=O)Oc1ccc(C(=O)O)c(O)c1Cc1c(OC(C)=O)ccc(C(=O)O)c1O. The molecule has 0 aliphatic heterocycles. The van der Waals surface area contributed by atoms with Crippen molar-refractivity contribution in [2.75, 3.05) is 0 Å². The Labute approximate surface area is 163 Å². The molecule has 2 aromatic carbocycles. The molecule has 10 heteroatoms. The van der Waals surface area contributed by atoms with Crippen molar-refractivity contribution < 1.29 is 49.1 Å². The Hall–Kier alpha value is -4.08. The van der Waals surface area contributed by atoms with Crippen LogP contribution in [-0.2, 0) is 16.0 Å². The lowest BCUT2D eigenvalue weighted by Gasteiger charge is -2.16. The third kappa shape index (κ3) is 4.61. The molecule has 2 rings (SSSR count). The van der Waals surface area contributed by atoms with Gasteiger partial charge in [-0.25, -0.2) is 9.59 Å². The summed E-state index contributed by atoms with van der Waals surface area (Å²) in [4.78, 5) is 45.3. The van der Waals surface area contributed by atoms with Gasteiger partial charge in [0.05, 0.1) is 0 Å². The Kier molecular flexibility index (Phi) is 6.07. The average molecular weight is 404 g/mol. The first-order valence-corrected chi connectivity index (χ1v) is 8.06. The summed E-state index contributed by atoms with van der Waals surface area (Å²) in [6.45, 7) is 2.16. The first-order chi connectivity index (χ1) is 13.5. The van der Waals surface area contributed by atoms with Crippen molar-refractivity contribution in [3.8, 4) is 23.0 Å². The topological polar surface area (TPSA) is 168 Å². The van der Waals surface area contributed by atoms with E-state index in [0.29, 0.717) is 0 Å². The summed E-state index contributed by atoms with van der Waals surface area (Å²) in [7, 11) is 0. The van der Waals surface area contributed by atoms with E-state index in [4.69, 9.17) is 9.47 Å². The number of hydrogen-bond acceptors (Lipinski definition) is 8. The van der Waals surface area contributed by atoms with Gasteiger partial charge >= 0.3 is 23.9 Å². The van der Waals surface area contributed by atoms with Crippen LogP contribution >= 0.6 is 0 Å². The van der Waals surface area contributed by atoms with Gasteiger partial charge in [0.25, 0.3) is 0 Å². The van der Waals surface area contributed by atoms with Crippen LogP contribution in [0.4, 0.5) is 0 Å². The van der Waals surface area contributed by atoms with Gasteiger partial charge in [-0.05, 0) is 24.3 Å². The summed E-state index contributed by atoms with van der Waals surface area (Å²) in [5, 5.41) is 39.2. The van der Waals surface area contributed by atoms with Crippen LogP contribution in [0.1, 0.15) is 45.7 Å². The molecule has 10 nitrogen and oxygen atoms in total. The largest absolute Gasteiger partial charge is 0.507 e. The molecule has 0 aromatic heterocycles. The number of carboxylic acids is 2. The molecule has 0 atom stereocenters. The van der Waals surface area contributed by atoms with Gasteiger partial charge < -0.3 is 29.9 Å². The van der Waals surface area contributed by atoms with Crippen LogP contribution in [0.15, 0.2) is 24.3 Å². The molecule has 0 saturated heterocycles. The lowest BCUT2D eigenvalue weighted by Crippen LogP contribution is -2.10. The normalized spacial score (nSPS) is 10.3. The van der Waals surface area contributed by atoms with Gasteiger partial charge in [0.15, 0.2) is 0 Å². The minimum absolute atomic E-state index is 0.214. The summed E-state index contributed by atoms with van der Waals surface area (Å²) >= 11 is 0. The quantitative estimate of drug-likeness (QED) is 0.412.